The second kappa shape index (κ2) is 5.85. The lowest BCUT2D eigenvalue weighted by molar-refractivity contribution is 0.962. The summed E-state index contributed by atoms with van der Waals surface area (Å²) in [4.78, 5) is 0.315. The van der Waals surface area contributed by atoms with Crippen LogP contribution in [-0.4, -0.2) is 15.2 Å². The maximum Gasteiger partial charge on any atom is 0.163 e. The number of nitrogens with zero attached hydrogens (tertiary/aromatic N) is 2. The number of aryl methyl sites for hydroxylation is 1. The van der Waals surface area contributed by atoms with Gasteiger partial charge >= 0.3 is 0 Å². The number of hydrogen-bond donors (Lipinski definition) is 2. The first kappa shape index (κ1) is 14.9. The first-order chi connectivity index (χ1) is 9.41. The fourth-order valence-electron chi connectivity index (χ4n) is 1.87. The zero-order valence-electron chi connectivity index (χ0n) is 11.5. The highest BCUT2D eigenvalue weighted by Crippen LogP contribution is 2.28. The zero-order valence-corrected chi connectivity index (χ0v) is 13.9. The van der Waals surface area contributed by atoms with Crippen molar-refractivity contribution in [3.8, 4) is 0 Å². The highest BCUT2D eigenvalue weighted by Gasteiger charge is 2.14. The van der Waals surface area contributed by atoms with Crippen LogP contribution in [0.3, 0.4) is 0 Å². The summed E-state index contributed by atoms with van der Waals surface area (Å²) in [6.07, 6.45) is 0. The molecule has 3 N–H and O–H groups in total. The Morgan fingerprint density at radius 3 is 2.55 bits per heavy atom. The minimum absolute atomic E-state index is 0.315. The molecule has 20 heavy (non-hydrogen) atoms. The van der Waals surface area contributed by atoms with Gasteiger partial charge in [-0.15, -0.1) is 5.10 Å². The summed E-state index contributed by atoms with van der Waals surface area (Å²) in [7, 11) is 0. The quantitative estimate of drug-likeness (QED) is 0.828. The number of thiocarbonyl (C=S) groups is 1. The van der Waals surface area contributed by atoms with Gasteiger partial charge in [0.2, 0.25) is 0 Å². The van der Waals surface area contributed by atoms with Gasteiger partial charge in [0.05, 0.1) is 11.3 Å². The third-order valence-electron chi connectivity index (χ3n) is 3.22. The molecule has 0 radical (unpaired) electrons. The Labute approximate surface area is 131 Å². The van der Waals surface area contributed by atoms with E-state index in [0.717, 1.165) is 32.5 Å². The van der Waals surface area contributed by atoms with Crippen molar-refractivity contribution in [3.63, 3.8) is 0 Å². The summed E-state index contributed by atoms with van der Waals surface area (Å²) in [6.45, 7) is 5.84. The standard InChI is InChI=1S/C14H15BrN4S/c1-7-9(3)18-19-14(12(7)13(16)20)17-11-6-4-5-10(15)8(11)2/h4-6H,1-3H3,(H2,16,20)(H,17,19). The molecule has 0 aliphatic heterocycles. The van der Waals surface area contributed by atoms with Crippen molar-refractivity contribution < 1.29 is 0 Å². The average molecular weight is 351 g/mol. The summed E-state index contributed by atoms with van der Waals surface area (Å²) in [6, 6.07) is 5.91. The first-order valence-corrected chi connectivity index (χ1v) is 7.27. The minimum Gasteiger partial charge on any atom is -0.389 e. The van der Waals surface area contributed by atoms with E-state index in [0.29, 0.717) is 10.8 Å². The molecular formula is C14H15BrN4S. The third-order valence-corrected chi connectivity index (χ3v) is 4.28. The van der Waals surface area contributed by atoms with Gasteiger partial charge in [0.25, 0.3) is 0 Å². The molecule has 1 heterocycles. The van der Waals surface area contributed by atoms with Crippen LogP contribution in [0.15, 0.2) is 22.7 Å². The Morgan fingerprint density at radius 2 is 1.90 bits per heavy atom. The van der Waals surface area contributed by atoms with E-state index in [-0.39, 0.29) is 0 Å². The second-order valence-corrected chi connectivity index (χ2v) is 5.83. The van der Waals surface area contributed by atoms with Gasteiger partial charge in [0.15, 0.2) is 5.82 Å². The maximum absolute atomic E-state index is 5.82. The van der Waals surface area contributed by atoms with Crippen LogP contribution in [0.2, 0.25) is 0 Å². The Morgan fingerprint density at radius 1 is 1.20 bits per heavy atom. The number of halogens is 1. The molecule has 0 aliphatic rings. The largest absolute Gasteiger partial charge is 0.389 e. The molecule has 0 fully saturated rings. The molecule has 0 amide bonds. The number of nitrogens with one attached hydrogen (secondary N) is 1. The van der Waals surface area contributed by atoms with E-state index in [9.17, 15) is 0 Å². The van der Waals surface area contributed by atoms with Crippen LogP contribution in [0.5, 0.6) is 0 Å². The smallest absolute Gasteiger partial charge is 0.163 e. The SMILES string of the molecule is Cc1nnc(Nc2cccc(Br)c2C)c(C(N)=S)c1C. The summed E-state index contributed by atoms with van der Waals surface area (Å²) in [5, 5.41) is 11.6. The summed E-state index contributed by atoms with van der Waals surface area (Å²) in [5.74, 6) is 0.585. The van der Waals surface area contributed by atoms with Crippen LogP contribution in [-0.2, 0) is 0 Å². The van der Waals surface area contributed by atoms with Crippen molar-refractivity contribution in [1.29, 1.82) is 0 Å². The molecule has 0 aliphatic carbocycles. The number of nitrogens with two attached hydrogens (primary N) is 1. The van der Waals surface area contributed by atoms with Gasteiger partial charge in [-0.3, -0.25) is 0 Å². The van der Waals surface area contributed by atoms with Gasteiger partial charge in [0.1, 0.15) is 4.99 Å². The molecular weight excluding hydrogens is 336 g/mol. The lowest BCUT2D eigenvalue weighted by atomic mass is 10.1. The number of anilines is 2. The lowest BCUT2D eigenvalue weighted by Crippen LogP contribution is -2.17. The molecule has 0 saturated heterocycles. The number of rotatable bonds is 3. The predicted molar refractivity (Wildman–Crippen MR) is 89.6 cm³/mol. The van der Waals surface area contributed by atoms with Crippen molar-refractivity contribution in [2.75, 3.05) is 5.32 Å². The van der Waals surface area contributed by atoms with Crippen molar-refractivity contribution >= 4 is 44.6 Å². The fourth-order valence-corrected chi connectivity index (χ4v) is 2.48. The van der Waals surface area contributed by atoms with E-state index in [1.54, 1.807) is 0 Å². The monoisotopic (exact) mass is 350 g/mol. The van der Waals surface area contributed by atoms with E-state index in [4.69, 9.17) is 18.0 Å². The lowest BCUT2D eigenvalue weighted by Gasteiger charge is -2.15. The fraction of sp³-hybridized carbons (Fsp3) is 0.214. The van der Waals surface area contributed by atoms with Gasteiger partial charge in [-0.05, 0) is 44.0 Å². The van der Waals surface area contributed by atoms with Gasteiger partial charge in [-0.25, -0.2) is 0 Å². The van der Waals surface area contributed by atoms with Gasteiger partial charge in [-0.1, -0.05) is 34.2 Å². The van der Waals surface area contributed by atoms with E-state index < -0.39 is 0 Å². The van der Waals surface area contributed by atoms with Crippen LogP contribution in [0.1, 0.15) is 22.4 Å². The topological polar surface area (TPSA) is 63.8 Å². The summed E-state index contributed by atoms with van der Waals surface area (Å²) in [5.41, 5.74) is 10.4. The third kappa shape index (κ3) is 2.81. The van der Waals surface area contributed by atoms with Crippen LogP contribution in [0, 0.1) is 20.8 Å². The molecule has 0 bridgehead atoms. The molecule has 6 heteroatoms. The number of aromatic nitrogens is 2. The van der Waals surface area contributed by atoms with E-state index in [2.05, 4.69) is 31.4 Å². The Bertz CT molecular complexity index is 685. The highest BCUT2D eigenvalue weighted by molar-refractivity contribution is 9.10. The van der Waals surface area contributed by atoms with Crippen molar-refractivity contribution in [3.05, 3.63) is 45.1 Å². The van der Waals surface area contributed by atoms with Crippen LogP contribution in [0.4, 0.5) is 11.5 Å². The van der Waals surface area contributed by atoms with E-state index >= 15 is 0 Å². The molecule has 2 rings (SSSR count). The minimum atomic E-state index is 0.315. The van der Waals surface area contributed by atoms with Crippen molar-refractivity contribution in [1.82, 2.24) is 10.2 Å². The Hall–Kier alpha value is -1.53. The van der Waals surface area contributed by atoms with Crippen molar-refractivity contribution in [2.24, 2.45) is 5.73 Å². The highest BCUT2D eigenvalue weighted by atomic mass is 79.9. The molecule has 1 aromatic heterocycles. The molecule has 0 atom stereocenters. The summed E-state index contributed by atoms with van der Waals surface area (Å²) >= 11 is 8.64. The van der Waals surface area contributed by atoms with Crippen LogP contribution in [0.25, 0.3) is 0 Å². The second-order valence-electron chi connectivity index (χ2n) is 4.54. The summed E-state index contributed by atoms with van der Waals surface area (Å²) < 4.78 is 1.02. The normalized spacial score (nSPS) is 10.4. The van der Waals surface area contributed by atoms with E-state index in [1.807, 2.05) is 39.0 Å². The van der Waals surface area contributed by atoms with Gasteiger partial charge in [0, 0.05) is 10.2 Å². The Kier molecular flexibility index (Phi) is 4.35. The van der Waals surface area contributed by atoms with E-state index in [1.165, 1.54) is 0 Å². The molecule has 2 aromatic rings. The number of benzene rings is 1. The zero-order chi connectivity index (χ0) is 14.9. The maximum atomic E-state index is 5.82. The van der Waals surface area contributed by atoms with Gasteiger partial charge in [-0.2, -0.15) is 5.10 Å². The Balaban J connectivity index is 2.52. The molecule has 1 aromatic carbocycles. The molecule has 4 nitrogen and oxygen atoms in total. The molecule has 0 spiro atoms. The van der Waals surface area contributed by atoms with Crippen LogP contribution < -0.4 is 11.1 Å². The molecule has 104 valence electrons. The number of hydrogen-bond acceptors (Lipinski definition) is 4. The average Bonchev–Trinajstić information content (AvgIpc) is 2.39. The first-order valence-electron chi connectivity index (χ1n) is 6.07. The van der Waals surface area contributed by atoms with Gasteiger partial charge < -0.3 is 11.1 Å². The predicted octanol–water partition coefficient (Wildman–Crippen LogP) is 3.54. The van der Waals surface area contributed by atoms with Crippen LogP contribution >= 0.6 is 28.1 Å². The molecule has 0 unspecified atom stereocenters. The molecule has 0 saturated carbocycles. The van der Waals surface area contributed by atoms with Crippen molar-refractivity contribution in [2.45, 2.75) is 20.8 Å².